The smallest absolute Gasteiger partial charge is 0.390 e. The molecule has 0 atom stereocenters. The highest BCUT2D eigenvalue weighted by atomic mass is 32.2. The van der Waals surface area contributed by atoms with Crippen LogP contribution in [0.5, 0.6) is 0 Å². The van der Waals surface area contributed by atoms with Crippen LogP contribution in [-0.2, 0) is 5.75 Å². The van der Waals surface area contributed by atoms with Crippen LogP contribution in [0, 0.1) is 11.6 Å². The molecule has 1 aliphatic heterocycles. The van der Waals surface area contributed by atoms with Crippen molar-refractivity contribution in [3.8, 4) is 0 Å². The maximum Gasteiger partial charge on any atom is 0.390 e. The summed E-state index contributed by atoms with van der Waals surface area (Å²) in [5.41, 5.74) is -0.806. The maximum atomic E-state index is 14.8. The molecule has 194 valence electrons. The van der Waals surface area contributed by atoms with E-state index in [2.05, 4.69) is 15.3 Å². The zero-order valence-corrected chi connectivity index (χ0v) is 20.0. The van der Waals surface area contributed by atoms with Gasteiger partial charge in [-0.15, -0.1) is 0 Å². The number of benzene rings is 1. The predicted octanol–water partition coefficient (Wildman–Crippen LogP) is 4.57. The predicted molar refractivity (Wildman–Crippen MR) is 126 cm³/mol. The number of hydrogen-bond donors (Lipinski definition) is 3. The zero-order chi connectivity index (χ0) is 25.2. The SMILES string of the molecule is O=c1[nH]c(CSC2CCC(O)CC2)nc2cc(NC3CCN(CCC(F)(F)F)CC3)c(F)c(F)c12. The third-order valence-corrected chi connectivity index (χ3v) is 8.07. The summed E-state index contributed by atoms with van der Waals surface area (Å²) in [6, 6.07) is 1.09. The van der Waals surface area contributed by atoms with Gasteiger partial charge in [0, 0.05) is 30.9 Å². The molecule has 1 saturated carbocycles. The lowest BCUT2D eigenvalue weighted by atomic mass is 9.97. The van der Waals surface area contributed by atoms with Crippen LogP contribution in [0.3, 0.4) is 0 Å². The Morgan fingerprint density at radius 1 is 1.11 bits per heavy atom. The van der Waals surface area contributed by atoms with Crippen molar-refractivity contribution in [3.63, 3.8) is 0 Å². The fourth-order valence-electron chi connectivity index (χ4n) is 4.67. The van der Waals surface area contributed by atoms with Gasteiger partial charge in [-0.05, 0) is 44.6 Å². The molecule has 0 amide bonds. The van der Waals surface area contributed by atoms with Crippen molar-refractivity contribution in [1.29, 1.82) is 0 Å². The third kappa shape index (κ3) is 6.85. The van der Waals surface area contributed by atoms with Crippen LogP contribution in [0.2, 0.25) is 0 Å². The van der Waals surface area contributed by atoms with E-state index in [0.29, 0.717) is 42.8 Å². The Morgan fingerprint density at radius 2 is 1.80 bits per heavy atom. The quantitative estimate of drug-likeness (QED) is 0.465. The largest absolute Gasteiger partial charge is 0.393 e. The Bertz CT molecular complexity index is 1080. The molecule has 4 rings (SSSR count). The molecule has 2 aromatic rings. The van der Waals surface area contributed by atoms with E-state index in [1.54, 1.807) is 16.7 Å². The monoisotopic (exact) mass is 520 g/mol. The van der Waals surface area contributed by atoms with Gasteiger partial charge in [0.1, 0.15) is 11.2 Å². The topological polar surface area (TPSA) is 81.2 Å². The summed E-state index contributed by atoms with van der Waals surface area (Å²) < 4.78 is 66.8. The van der Waals surface area contributed by atoms with Crippen molar-refractivity contribution in [1.82, 2.24) is 14.9 Å². The number of aliphatic hydroxyl groups excluding tert-OH is 1. The van der Waals surface area contributed by atoms with E-state index < -0.39 is 35.2 Å². The molecule has 0 bridgehead atoms. The highest BCUT2D eigenvalue weighted by Gasteiger charge is 2.29. The number of aromatic amines is 1. The average Bonchev–Trinajstić information content (AvgIpc) is 2.81. The average molecular weight is 521 g/mol. The number of H-pyrrole nitrogens is 1. The second-order valence-electron chi connectivity index (χ2n) is 9.33. The van der Waals surface area contributed by atoms with Gasteiger partial charge in [0.15, 0.2) is 11.6 Å². The normalized spacial score (nSPS) is 22.6. The molecular formula is C23H29F5N4O2S. The van der Waals surface area contributed by atoms with E-state index in [0.717, 1.165) is 25.7 Å². The summed E-state index contributed by atoms with van der Waals surface area (Å²) in [5.74, 6) is -1.67. The second-order valence-corrected chi connectivity index (χ2v) is 10.6. The number of piperidine rings is 1. The Labute approximate surface area is 203 Å². The summed E-state index contributed by atoms with van der Waals surface area (Å²) in [6.45, 7) is 0.760. The van der Waals surface area contributed by atoms with Crippen LogP contribution in [0.4, 0.5) is 27.6 Å². The Kier molecular flexibility index (Phi) is 8.22. The van der Waals surface area contributed by atoms with Gasteiger partial charge in [-0.25, -0.2) is 13.8 Å². The van der Waals surface area contributed by atoms with Crippen molar-refractivity contribution < 1.29 is 27.1 Å². The van der Waals surface area contributed by atoms with Crippen LogP contribution in [0.15, 0.2) is 10.9 Å². The van der Waals surface area contributed by atoms with Crippen LogP contribution in [0.1, 0.15) is 50.8 Å². The fourth-order valence-corrected chi connectivity index (χ4v) is 5.81. The lowest BCUT2D eigenvalue weighted by molar-refractivity contribution is -0.138. The first-order valence-corrected chi connectivity index (χ1v) is 12.9. The lowest BCUT2D eigenvalue weighted by Crippen LogP contribution is -2.40. The number of halogens is 5. The minimum atomic E-state index is -4.21. The minimum Gasteiger partial charge on any atom is -0.393 e. The van der Waals surface area contributed by atoms with Crippen molar-refractivity contribution in [2.75, 3.05) is 25.0 Å². The summed E-state index contributed by atoms with van der Waals surface area (Å²) >= 11 is 1.61. The molecule has 0 radical (unpaired) electrons. The van der Waals surface area contributed by atoms with Crippen molar-refractivity contribution >= 4 is 28.4 Å². The number of hydrogen-bond acceptors (Lipinski definition) is 6. The number of nitrogens with one attached hydrogen (secondary N) is 2. The van der Waals surface area contributed by atoms with Gasteiger partial charge >= 0.3 is 6.18 Å². The Hall–Kier alpha value is -1.92. The van der Waals surface area contributed by atoms with E-state index >= 15 is 0 Å². The number of fused-ring (bicyclic) bond motifs is 1. The molecule has 1 saturated heterocycles. The van der Waals surface area contributed by atoms with Gasteiger partial charge in [-0.1, -0.05) is 0 Å². The zero-order valence-electron chi connectivity index (χ0n) is 19.1. The van der Waals surface area contributed by atoms with Crippen LogP contribution in [0.25, 0.3) is 10.9 Å². The van der Waals surface area contributed by atoms with E-state index in [-0.39, 0.29) is 29.9 Å². The van der Waals surface area contributed by atoms with E-state index in [9.17, 15) is 31.9 Å². The minimum absolute atomic E-state index is 0.0485. The van der Waals surface area contributed by atoms with Crippen molar-refractivity contribution in [2.24, 2.45) is 0 Å². The van der Waals surface area contributed by atoms with Gasteiger partial charge in [0.05, 0.1) is 29.5 Å². The van der Waals surface area contributed by atoms with Crippen molar-refractivity contribution in [3.05, 3.63) is 33.9 Å². The van der Waals surface area contributed by atoms with E-state index in [4.69, 9.17) is 0 Å². The van der Waals surface area contributed by atoms with Gasteiger partial charge in [-0.2, -0.15) is 24.9 Å². The first-order chi connectivity index (χ1) is 16.6. The molecule has 35 heavy (non-hydrogen) atoms. The molecule has 1 aliphatic carbocycles. The summed E-state index contributed by atoms with van der Waals surface area (Å²) in [5, 5.41) is 12.5. The summed E-state index contributed by atoms with van der Waals surface area (Å²) in [6.07, 6.45) is -1.17. The molecule has 2 aliphatic rings. The lowest BCUT2D eigenvalue weighted by Gasteiger charge is -2.33. The first-order valence-electron chi connectivity index (χ1n) is 11.9. The molecule has 0 unspecified atom stereocenters. The molecule has 1 aromatic carbocycles. The number of aliphatic hydroxyl groups is 1. The second kappa shape index (κ2) is 11.0. The van der Waals surface area contributed by atoms with Crippen LogP contribution in [-0.4, -0.2) is 63.2 Å². The third-order valence-electron chi connectivity index (χ3n) is 6.68. The number of anilines is 1. The molecule has 3 N–H and O–H groups in total. The van der Waals surface area contributed by atoms with Gasteiger partial charge < -0.3 is 20.3 Å². The van der Waals surface area contributed by atoms with Gasteiger partial charge in [0.25, 0.3) is 5.56 Å². The maximum absolute atomic E-state index is 14.8. The molecule has 1 aromatic heterocycles. The number of aromatic nitrogens is 2. The summed E-state index contributed by atoms with van der Waals surface area (Å²) in [7, 11) is 0. The highest BCUT2D eigenvalue weighted by Crippen LogP contribution is 2.31. The van der Waals surface area contributed by atoms with Gasteiger partial charge in [0.2, 0.25) is 0 Å². The fraction of sp³-hybridized carbons (Fsp3) is 0.652. The number of alkyl halides is 3. The number of likely N-dealkylation sites (tertiary alicyclic amines) is 1. The molecule has 2 fully saturated rings. The van der Waals surface area contributed by atoms with Crippen molar-refractivity contribution in [2.45, 2.75) is 74.3 Å². The Balaban J connectivity index is 1.43. The standard InChI is InChI=1S/C23H29F5N4O2S/c24-20-17(29-13-5-8-32(9-6-13)10-7-23(26,27)28)11-16-19(21(20)25)22(34)31-18(30-16)12-35-15-3-1-14(33)2-4-15/h11,13-15,29,33H,1-10,12H2,(H,30,31,34). The number of thioether (sulfide) groups is 1. The Morgan fingerprint density at radius 3 is 2.46 bits per heavy atom. The summed E-state index contributed by atoms with van der Waals surface area (Å²) in [4.78, 5) is 21.1. The number of nitrogens with zero attached hydrogens (tertiary/aromatic N) is 2. The van der Waals surface area contributed by atoms with Gasteiger partial charge in [-0.3, -0.25) is 4.79 Å². The molecule has 0 spiro atoms. The number of rotatable bonds is 7. The molecule has 12 heteroatoms. The highest BCUT2D eigenvalue weighted by molar-refractivity contribution is 7.99. The van der Waals surface area contributed by atoms with Crippen LogP contribution < -0.4 is 10.9 Å². The first kappa shape index (κ1) is 26.2. The molecule has 2 heterocycles. The molecular weight excluding hydrogens is 491 g/mol. The van der Waals surface area contributed by atoms with E-state index in [1.807, 2.05) is 0 Å². The van der Waals surface area contributed by atoms with E-state index in [1.165, 1.54) is 6.07 Å². The van der Waals surface area contributed by atoms with Crippen LogP contribution >= 0.6 is 11.8 Å². The molecule has 6 nitrogen and oxygen atoms in total.